The van der Waals surface area contributed by atoms with Crippen LogP contribution in [-0.2, 0) is 14.6 Å². The van der Waals surface area contributed by atoms with Gasteiger partial charge in [-0.05, 0) is 12.3 Å². The highest BCUT2D eigenvalue weighted by Gasteiger charge is 2.28. The third kappa shape index (κ3) is 7.39. The van der Waals surface area contributed by atoms with E-state index in [9.17, 15) is 8.42 Å². The topological polar surface area (TPSA) is 88.8 Å². The molecule has 26 heavy (non-hydrogen) atoms. The molecule has 10 heteroatoms. The molecule has 2 heterocycles. The van der Waals surface area contributed by atoms with Crippen molar-refractivity contribution in [2.24, 2.45) is 10.9 Å². The van der Waals surface area contributed by atoms with Crippen LogP contribution in [0.3, 0.4) is 0 Å². The number of ether oxygens (including phenoxy) is 1. The molecule has 1 aromatic heterocycles. The van der Waals surface area contributed by atoms with E-state index in [0.29, 0.717) is 25.1 Å². The normalized spacial score (nSPS) is 21.3. The van der Waals surface area contributed by atoms with Crippen LogP contribution in [0.15, 0.2) is 23.7 Å². The standard InChI is InChI=1S/C16H29N5O3S.HI/c1-14-4-7-20(12-15(14)21-8-5-18-13-21)16(17-2)19-6-9-24-10-11-25(3,22)23;/h5,8,13-15H,4,6-7,9-12H2,1-3H3,(H,17,19);1H. The first-order valence-corrected chi connectivity index (χ1v) is 10.7. The Kier molecular flexibility index (Phi) is 9.86. The lowest BCUT2D eigenvalue weighted by Gasteiger charge is -2.39. The number of aromatic nitrogens is 2. The third-order valence-electron chi connectivity index (χ3n) is 4.47. The maximum absolute atomic E-state index is 11.1. The van der Waals surface area contributed by atoms with Crippen LogP contribution in [0.25, 0.3) is 0 Å². The van der Waals surface area contributed by atoms with Crippen LogP contribution >= 0.6 is 24.0 Å². The third-order valence-corrected chi connectivity index (χ3v) is 5.37. The average Bonchev–Trinajstić information content (AvgIpc) is 3.08. The monoisotopic (exact) mass is 499 g/mol. The SMILES string of the molecule is CN=C(NCCOCCS(C)(=O)=O)N1CCC(C)C(n2ccnc2)C1.I. The quantitative estimate of drug-likeness (QED) is 0.261. The zero-order valence-electron chi connectivity index (χ0n) is 15.7. The molecule has 1 fully saturated rings. The van der Waals surface area contributed by atoms with Crippen molar-refractivity contribution < 1.29 is 13.2 Å². The molecule has 2 rings (SSSR count). The lowest BCUT2D eigenvalue weighted by molar-refractivity contribution is 0.151. The number of hydrogen-bond acceptors (Lipinski definition) is 5. The molecular weight excluding hydrogens is 469 g/mol. The molecule has 0 saturated carbocycles. The molecule has 0 radical (unpaired) electrons. The molecular formula is C16H30IN5O3S. The van der Waals surface area contributed by atoms with Gasteiger partial charge in [0.25, 0.3) is 0 Å². The molecule has 1 aromatic rings. The molecule has 2 unspecified atom stereocenters. The summed E-state index contributed by atoms with van der Waals surface area (Å²) in [6, 6.07) is 0.376. The first kappa shape index (κ1) is 23.2. The number of nitrogens with zero attached hydrogens (tertiary/aromatic N) is 4. The van der Waals surface area contributed by atoms with Crippen molar-refractivity contribution in [1.82, 2.24) is 19.8 Å². The number of aliphatic imine (C=N–C) groups is 1. The van der Waals surface area contributed by atoms with Crippen molar-refractivity contribution in [2.75, 3.05) is 51.9 Å². The van der Waals surface area contributed by atoms with E-state index in [-0.39, 0.29) is 36.3 Å². The highest BCUT2D eigenvalue weighted by molar-refractivity contribution is 14.0. The summed E-state index contributed by atoms with van der Waals surface area (Å²) in [4.78, 5) is 10.8. The van der Waals surface area contributed by atoms with Crippen molar-refractivity contribution in [3.63, 3.8) is 0 Å². The van der Waals surface area contributed by atoms with Gasteiger partial charge in [-0.15, -0.1) is 24.0 Å². The summed E-state index contributed by atoms with van der Waals surface area (Å²) in [5.74, 6) is 1.49. The number of imidazole rings is 1. The van der Waals surface area contributed by atoms with Crippen molar-refractivity contribution in [2.45, 2.75) is 19.4 Å². The van der Waals surface area contributed by atoms with Gasteiger partial charge in [0.05, 0.1) is 31.3 Å². The van der Waals surface area contributed by atoms with Crippen LogP contribution in [0.1, 0.15) is 19.4 Å². The molecule has 0 spiro atoms. The molecule has 0 amide bonds. The van der Waals surface area contributed by atoms with Gasteiger partial charge in [0.1, 0.15) is 9.84 Å². The summed E-state index contributed by atoms with van der Waals surface area (Å²) in [7, 11) is -1.19. The van der Waals surface area contributed by atoms with E-state index in [4.69, 9.17) is 4.74 Å². The predicted molar refractivity (Wildman–Crippen MR) is 114 cm³/mol. The summed E-state index contributed by atoms with van der Waals surface area (Å²) in [5, 5.41) is 3.29. The molecule has 1 saturated heterocycles. The summed E-state index contributed by atoms with van der Waals surface area (Å²) in [5.41, 5.74) is 0. The van der Waals surface area contributed by atoms with Crippen LogP contribution in [0.2, 0.25) is 0 Å². The Morgan fingerprint density at radius 3 is 2.81 bits per heavy atom. The van der Waals surface area contributed by atoms with Gasteiger partial charge in [-0.2, -0.15) is 0 Å². The van der Waals surface area contributed by atoms with Crippen molar-refractivity contribution in [1.29, 1.82) is 0 Å². The highest BCUT2D eigenvalue weighted by atomic mass is 127. The molecule has 8 nitrogen and oxygen atoms in total. The largest absolute Gasteiger partial charge is 0.379 e. The summed E-state index contributed by atoms with van der Waals surface area (Å²) in [6.07, 6.45) is 8.00. The summed E-state index contributed by atoms with van der Waals surface area (Å²) >= 11 is 0. The van der Waals surface area contributed by atoms with E-state index < -0.39 is 9.84 Å². The Hall–Kier alpha value is -0.880. The number of hydrogen-bond donors (Lipinski definition) is 1. The average molecular weight is 499 g/mol. The van der Waals surface area contributed by atoms with Gasteiger partial charge >= 0.3 is 0 Å². The van der Waals surface area contributed by atoms with Gasteiger partial charge in [0.15, 0.2) is 5.96 Å². The number of sulfone groups is 1. The van der Waals surface area contributed by atoms with Gasteiger partial charge in [0.2, 0.25) is 0 Å². The minimum Gasteiger partial charge on any atom is -0.379 e. The fourth-order valence-electron chi connectivity index (χ4n) is 2.97. The maximum atomic E-state index is 11.1. The van der Waals surface area contributed by atoms with Gasteiger partial charge in [-0.3, -0.25) is 4.99 Å². The van der Waals surface area contributed by atoms with Crippen LogP contribution in [0, 0.1) is 5.92 Å². The second-order valence-electron chi connectivity index (χ2n) is 6.51. The Balaban J connectivity index is 0.00000338. The first-order valence-electron chi connectivity index (χ1n) is 8.59. The van der Waals surface area contributed by atoms with E-state index >= 15 is 0 Å². The molecule has 1 aliphatic heterocycles. The molecule has 1 aliphatic rings. The molecule has 150 valence electrons. The number of guanidine groups is 1. The Morgan fingerprint density at radius 1 is 1.42 bits per heavy atom. The van der Waals surface area contributed by atoms with Crippen LogP contribution in [-0.4, -0.2) is 80.7 Å². The summed E-state index contributed by atoms with van der Waals surface area (Å²) in [6.45, 7) is 5.38. The second-order valence-corrected chi connectivity index (χ2v) is 8.77. The zero-order valence-corrected chi connectivity index (χ0v) is 18.8. The molecule has 2 atom stereocenters. The number of piperidine rings is 1. The molecule has 1 N–H and O–H groups in total. The van der Waals surface area contributed by atoms with Crippen molar-refractivity contribution in [3.05, 3.63) is 18.7 Å². The number of nitrogens with one attached hydrogen (secondary N) is 1. The van der Waals surface area contributed by atoms with Crippen molar-refractivity contribution in [3.8, 4) is 0 Å². The van der Waals surface area contributed by atoms with Crippen LogP contribution in [0.4, 0.5) is 0 Å². The Morgan fingerprint density at radius 2 is 2.19 bits per heavy atom. The minimum atomic E-state index is -2.97. The van der Waals surface area contributed by atoms with Gasteiger partial charge in [-0.25, -0.2) is 13.4 Å². The Bertz CT molecular complexity index is 651. The van der Waals surface area contributed by atoms with Gasteiger partial charge in [-0.1, -0.05) is 6.92 Å². The van der Waals surface area contributed by atoms with Crippen molar-refractivity contribution >= 4 is 39.8 Å². The molecule has 0 aliphatic carbocycles. The first-order chi connectivity index (χ1) is 11.9. The second kappa shape index (κ2) is 11.1. The van der Waals surface area contributed by atoms with E-state index in [0.717, 1.165) is 25.5 Å². The smallest absolute Gasteiger partial charge is 0.193 e. The number of halogens is 1. The molecule has 0 aromatic carbocycles. The van der Waals surface area contributed by atoms with E-state index in [1.807, 2.05) is 18.7 Å². The minimum absolute atomic E-state index is 0. The Labute approximate surface area is 173 Å². The lowest BCUT2D eigenvalue weighted by atomic mass is 9.93. The van der Waals surface area contributed by atoms with Crippen LogP contribution in [0.5, 0.6) is 0 Å². The predicted octanol–water partition coefficient (Wildman–Crippen LogP) is 1.02. The number of rotatable bonds is 7. The lowest BCUT2D eigenvalue weighted by Crippen LogP contribution is -2.49. The zero-order chi connectivity index (χ0) is 18.3. The maximum Gasteiger partial charge on any atom is 0.193 e. The van der Waals surface area contributed by atoms with Gasteiger partial charge < -0.3 is 19.5 Å². The highest BCUT2D eigenvalue weighted by Crippen LogP contribution is 2.27. The van der Waals surface area contributed by atoms with E-state index in [2.05, 4.69) is 31.7 Å². The summed E-state index contributed by atoms with van der Waals surface area (Å²) < 4.78 is 29.6. The van der Waals surface area contributed by atoms with E-state index in [1.165, 1.54) is 6.26 Å². The van der Waals surface area contributed by atoms with E-state index in [1.54, 1.807) is 7.05 Å². The molecule has 0 bridgehead atoms. The fourth-order valence-corrected chi connectivity index (χ4v) is 3.40. The fraction of sp³-hybridized carbons (Fsp3) is 0.750. The van der Waals surface area contributed by atoms with Crippen LogP contribution < -0.4 is 5.32 Å². The van der Waals surface area contributed by atoms with Gasteiger partial charge in [0, 0.05) is 45.3 Å². The number of likely N-dealkylation sites (tertiary alicyclic amines) is 1.